The van der Waals surface area contributed by atoms with E-state index in [0.717, 1.165) is 0 Å². The first-order chi connectivity index (χ1) is 13.4. The fraction of sp³-hybridized carbons (Fsp3) is 0. The third-order valence-electron chi connectivity index (χ3n) is 3.75. The number of nitriles is 1. The van der Waals surface area contributed by atoms with Crippen molar-refractivity contribution in [1.82, 2.24) is 0 Å². The highest BCUT2D eigenvalue weighted by atomic mass is 32.2. The summed E-state index contributed by atoms with van der Waals surface area (Å²) in [6.45, 7) is 0. The molecule has 0 atom stereocenters. The van der Waals surface area contributed by atoms with Gasteiger partial charge in [-0.05, 0) is 60.7 Å². The Morgan fingerprint density at radius 2 is 1.64 bits per heavy atom. The topological polar surface area (TPSA) is 99.1 Å². The number of carbonyl (C=O) groups excluding carboxylic acids is 1. The number of hydrogen-bond donors (Lipinski definition) is 2. The first-order valence-electron chi connectivity index (χ1n) is 8.07. The van der Waals surface area contributed by atoms with Gasteiger partial charge in [-0.3, -0.25) is 9.52 Å². The van der Waals surface area contributed by atoms with Gasteiger partial charge in [0.2, 0.25) is 0 Å². The van der Waals surface area contributed by atoms with Crippen molar-refractivity contribution in [2.24, 2.45) is 0 Å². The molecular weight excluding hydrogens is 381 g/mol. The Morgan fingerprint density at radius 1 is 0.929 bits per heavy atom. The number of carbonyl (C=O) groups is 1. The largest absolute Gasteiger partial charge is 0.322 e. The molecule has 0 saturated carbocycles. The van der Waals surface area contributed by atoms with Crippen molar-refractivity contribution >= 4 is 27.3 Å². The van der Waals surface area contributed by atoms with E-state index in [0.29, 0.717) is 11.3 Å². The zero-order valence-corrected chi connectivity index (χ0v) is 15.2. The summed E-state index contributed by atoms with van der Waals surface area (Å²) in [5, 5.41) is 11.5. The van der Waals surface area contributed by atoms with Gasteiger partial charge in [0.15, 0.2) is 0 Å². The molecular formula is C20H14FN3O3S. The van der Waals surface area contributed by atoms with Crippen LogP contribution in [-0.2, 0) is 10.0 Å². The molecule has 0 radical (unpaired) electrons. The number of rotatable bonds is 5. The molecule has 8 heteroatoms. The molecule has 0 spiro atoms. The fourth-order valence-electron chi connectivity index (χ4n) is 2.41. The second kappa shape index (κ2) is 7.90. The minimum absolute atomic E-state index is 0.110. The highest BCUT2D eigenvalue weighted by Crippen LogP contribution is 2.19. The van der Waals surface area contributed by atoms with E-state index < -0.39 is 21.7 Å². The zero-order chi connectivity index (χ0) is 20.1. The molecule has 0 heterocycles. The smallest absolute Gasteiger partial charge is 0.261 e. The van der Waals surface area contributed by atoms with Crippen molar-refractivity contribution < 1.29 is 17.6 Å². The van der Waals surface area contributed by atoms with Gasteiger partial charge in [0.05, 0.1) is 22.2 Å². The van der Waals surface area contributed by atoms with E-state index in [-0.39, 0.29) is 16.1 Å². The van der Waals surface area contributed by atoms with Crippen LogP contribution in [0.4, 0.5) is 15.8 Å². The maximum absolute atomic E-state index is 13.0. The van der Waals surface area contributed by atoms with Gasteiger partial charge < -0.3 is 5.32 Å². The van der Waals surface area contributed by atoms with Crippen molar-refractivity contribution in [1.29, 1.82) is 5.26 Å². The van der Waals surface area contributed by atoms with E-state index in [4.69, 9.17) is 5.26 Å². The molecule has 2 N–H and O–H groups in total. The quantitative estimate of drug-likeness (QED) is 0.687. The molecule has 0 aromatic heterocycles. The van der Waals surface area contributed by atoms with Crippen LogP contribution >= 0.6 is 0 Å². The highest BCUT2D eigenvalue weighted by molar-refractivity contribution is 7.92. The minimum Gasteiger partial charge on any atom is -0.322 e. The van der Waals surface area contributed by atoms with E-state index in [1.54, 1.807) is 12.1 Å². The van der Waals surface area contributed by atoms with Crippen LogP contribution in [0.15, 0.2) is 77.7 Å². The van der Waals surface area contributed by atoms with Gasteiger partial charge in [0, 0.05) is 11.3 Å². The summed E-state index contributed by atoms with van der Waals surface area (Å²) >= 11 is 0. The average Bonchev–Trinajstić information content (AvgIpc) is 2.69. The Bertz CT molecular complexity index is 1170. The van der Waals surface area contributed by atoms with Gasteiger partial charge in [-0.15, -0.1) is 0 Å². The molecule has 3 aromatic carbocycles. The van der Waals surface area contributed by atoms with Crippen LogP contribution < -0.4 is 10.0 Å². The molecule has 0 aliphatic carbocycles. The number of halogens is 1. The Hall–Kier alpha value is -3.70. The van der Waals surface area contributed by atoms with Gasteiger partial charge in [-0.2, -0.15) is 5.26 Å². The number of nitrogens with zero attached hydrogens (tertiary/aromatic N) is 1. The minimum atomic E-state index is -3.96. The van der Waals surface area contributed by atoms with E-state index in [1.165, 1.54) is 60.7 Å². The van der Waals surface area contributed by atoms with Crippen LogP contribution in [0.2, 0.25) is 0 Å². The summed E-state index contributed by atoms with van der Waals surface area (Å²) in [5.41, 5.74) is 1.05. The summed E-state index contributed by atoms with van der Waals surface area (Å²) in [7, 11) is -3.96. The standard InChI is InChI=1S/C20H14FN3O3S/c21-16-7-9-17(10-8-16)23-20(25)15-4-2-6-19(12-15)28(26,27)24-18-5-1-3-14(11-18)13-22/h1-12,24H,(H,23,25). The lowest BCUT2D eigenvalue weighted by molar-refractivity contribution is 0.102. The SMILES string of the molecule is N#Cc1cccc(NS(=O)(=O)c2cccc(C(=O)Nc3ccc(F)cc3)c2)c1. The van der Waals surface area contributed by atoms with Crippen LogP contribution in [0, 0.1) is 17.1 Å². The molecule has 0 aliphatic heterocycles. The number of sulfonamides is 1. The van der Waals surface area contributed by atoms with Gasteiger partial charge in [0.1, 0.15) is 5.82 Å². The van der Waals surface area contributed by atoms with E-state index in [9.17, 15) is 17.6 Å². The van der Waals surface area contributed by atoms with Crippen molar-refractivity contribution in [2.75, 3.05) is 10.0 Å². The van der Waals surface area contributed by atoms with E-state index >= 15 is 0 Å². The third kappa shape index (κ3) is 4.52. The molecule has 3 rings (SSSR count). The summed E-state index contributed by atoms with van der Waals surface area (Å²) in [6.07, 6.45) is 0. The van der Waals surface area contributed by atoms with Crippen molar-refractivity contribution in [3.8, 4) is 6.07 Å². The summed E-state index contributed by atoms with van der Waals surface area (Å²) < 4.78 is 40.5. The van der Waals surface area contributed by atoms with Crippen LogP contribution in [0.1, 0.15) is 15.9 Å². The van der Waals surface area contributed by atoms with E-state index in [1.807, 2.05) is 6.07 Å². The Balaban J connectivity index is 1.82. The maximum Gasteiger partial charge on any atom is 0.261 e. The number of amides is 1. The summed E-state index contributed by atoms with van der Waals surface area (Å²) in [4.78, 5) is 12.3. The summed E-state index contributed by atoms with van der Waals surface area (Å²) in [6, 6.07) is 18.7. The van der Waals surface area contributed by atoms with Crippen LogP contribution in [0.3, 0.4) is 0 Å². The summed E-state index contributed by atoms with van der Waals surface area (Å²) in [5.74, 6) is -0.965. The maximum atomic E-state index is 13.0. The molecule has 6 nitrogen and oxygen atoms in total. The highest BCUT2D eigenvalue weighted by Gasteiger charge is 2.17. The van der Waals surface area contributed by atoms with Gasteiger partial charge in [-0.1, -0.05) is 12.1 Å². The van der Waals surface area contributed by atoms with Crippen LogP contribution in [0.5, 0.6) is 0 Å². The number of benzene rings is 3. The average molecular weight is 395 g/mol. The molecule has 3 aromatic rings. The predicted molar refractivity (Wildman–Crippen MR) is 103 cm³/mol. The lowest BCUT2D eigenvalue weighted by Gasteiger charge is -2.10. The predicted octanol–water partition coefficient (Wildman–Crippen LogP) is 3.75. The van der Waals surface area contributed by atoms with E-state index in [2.05, 4.69) is 10.0 Å². The monoisotopic (exact) mass is 395 g/mol. The Kier molecular flexibility index (Phi) is 5.38. The second-order valence-corrected chi connectivity index (χ2v) is 7.47. The Morgan fingerprint density at radius 3 is 2.36 bits per heavy atom. The van der Waals surface area contributed by atoms with Gasteiger partial charge in [0.25, 0.3) is 15.9 Å². The zero-order valence-electron chi connectivity index (χ0n) is 14.4. The third-order valence-corrected chi connectivity index (χ3v) is 5.13. The number of nitrogens with one attached hydrogen (secondary N) is 2. The van der Waals surface area contributed by atoms with Crippen molar-refractivity contribution in [3.63, 3.8) is 0 Å². The first kappa shape index (κ1) is 19.1. The Labute approximate surface area is 161 Å². The van der Waals surface area contributed by atoms with Crippen LogP contribution in [0.25, 0.3) is 0 Å². The molecule has 1 amide bonds. The first-order valence-corrected chi connectivity index (χ1v) is 9.56. The molecule has 140 valence electrons. The molecule has 0 bridgehead atoms. The van der Waals surface area contributed by atoms with Gasteiger partial charge >= 0.3 is 0 Å². The van der Waals surface area contributed by atoms with Crippen molar-refractivity contribution in [3.05, 3.63) is 89.7 Å². The van der Waals surface area contributed by atoms with Crippen LogP contribution in [-0.4, -0.2) is 14.3 Å². The molecule has 0 aliphatic rings. The number of hydrogen-bond acceptors (Lipinski definition) is 4. The molecule has 0 unspecified atom stereocenters. The van der Waals surface area contributed by atoms with Gasteiger partial charge in [-0.25, -0.2) is 12.8 Å². The molecule has 0 fully saturated rings. The molecule has 28 heavy (non-hydrogen) atoms. The number of anilines is 2. The lowest BCUT2D eigenvalue weighted by atomic mass is 10.2. The van der Waals surface area contributed by atoms with Crippen molar-refractivity contribution in [2.45, 2.75) is 4.90 Å². The molecule has 0 saturated heterocycles. The fourth-order valence-corrected chi connectivity index (χ4v) is 3.50. The second-order valence-electron chi connectivity index (χ2n) is 5.79. The normalized spacial score (nSPS) is 10.7. The lowest BCUT2D eigenvalue weighted by Crippen LogP contribution is -2.16.